The molecule has 2 aromatic rings. The molecule has 0 amide bonds. The molecule has 0 spiro atoms. The number of hydrogen-bond acceptors (Lipinski definition) is 4. The molecule has 0 aliphatic rings. The third-order valence-corrected chi connectivity index (χ3v) is 4.56. The van der Waals surface area contributed by atoms with Crippen LogP contribution >= 0.6 is 11.3 Å². The fraction of sp³-hybridized carbons (Fsp3) is 0.538. The normalized spacial score (nSPS) is 13.2. The van der Waals surface area contributed by atoms with Gasteiger partial charge in [0.2, 0.25) is 0 Å². The van der Waals surface area contributed by atoms with Crippen molar-refractivity contribution in [2.75, 3.05) is 0 Å². The zero-order chi connectivity index (χ0) is 13.6. The van der Waals surface area contributed by atoms with Crippen LogP contribution in [0.4, 0.5) is 0 Å². The van der Waals surface area contributed by atoms with Crippen LogP contribution in [-0.4, -0.2) is 20.7 Å². The van der Waals surface area contributed by atoms with E-state index in [1.807, 2.05) is 49.9 Å². The van der Waals surface area contributed by atoms with E-state index >= 15 is 0 Å². The summed E-state index contributed by atoms with van der Waals surface area (Å²) in [6.07, 6.45) is 4.18. The van der Waals surface area contributed by atoms with Gasteiger partial charge in [0.25, 0.3) is 0 Å². The van der Waals surface area contributed by atoms with Crippen molar-refractivity contribution in [2.45, 2.75) is 39.7 Å². The summed E-state index contributed by atoms with van der Waals surface area (Å²) in [5.41, 5.74) is 5.78. The van der Waals surface area contributed by atoms with E-state index in [0.29, 0.717) is 6.42 Å². The molecule has 0 atom stereocenters. The summed E-state index contributed by atoms with van der Waals surface area (Å²) in [7, 11) is 0. The number of nitrogens with zero attached hydrogens (tertiary/aromatic N) is 2. The minimum atomic E-state index is -0.565. The number of carbonyl (C=O) groups excluding carboxylic acids is 1. The Morgan fingerprint density at radius 2 is 2.11 bits per heavy atom. The van der Waals surface area contributed by atoms with Crippen molar-refractivity contribution in [2.24, 2.45) is 11.1 Å². The van der Waals surface area contributed by atoms with Gasteiger partial charge in [0, 0.05) is 28.7 Å². The Balaban J connectivity index is 2.19. The molecule has 0 aromatic carbocycles. The molecule has 4 nitrogen and oxygen atoms in total. The summed E-state index contributed by atoms with van der Waals surface area (Å²) in [6.45, 7) is 7.56. The summed E-state index contributed by atoms with van der Waals surface area (Å²) >= 11 is 1.56. The fourth-order valence-corrected chi connectivity index (χ4v) is 2.32. The highest BCUT2D eigenvalue weighted by molar-refractivity contribution is 7.15. The highest BCUT2D eigenvalue weighted by Crippen LogP contribution is 2.30. The monoisotopic (exact) mass is 265 g/mol. The van der Waals surface area contributed by atoms with Crippen LogP contribution < -0.4 is 5.73 Å². The molecule has 5 heteroatoms. The smallest absolute Gasteiger partial charge is 0.193 e. The van der Waals surface area contributed by atoms with Crippen molar-refractivity contribution >= 4 is 22.1 Å². The van der Waals surface area contributed by atoms with Crippen LogP contribution in [0.15, 0.2) is 17.8 Å². The van der Waals surface area contributed by atoms with Crippen LogP contribution in [0.2, 0.25) is 0 Å². The first kappa shape index (κ1) is 13.2. The van der Waals surface area contributed by atoms with Gasteiger partial charge in [0.15, 0.2) is 4.96 Å². The molecular formula is C13H19N3OS. The minimum Gasteiger partial charge on any atom is -0.325 e. The molecule has 0 saturated carbocycles. The van der Waals surface area contributed by atoms with Gasteiger partial charge in [-0.3, -0.25) is 9.20 Å². The van der Waals surface area contributed by atoms with Crippen LogP contribution in [0, 0.1) is 5.41 Å². The van der Waals surface area contributed by atoms with Crippen molar-refractivity contribution in [3.05, 3.63) is 23.5 Å². The summed E-state index contributed by atoms with van der Waals surface area (Å²) in [4.78, 5) is 17.7. The number of rotatable bonds is 4. The molecule has 0 aliphatic heterocycles. The number of aromatic nitrogens is 2. The first-order chi connectivity index (χ1) is 8.22. The zero-order valence-electron chi connectivity index (χ0n) is 11.2. The van der Waals surface area contributed by atoms with Crippen LogP contribution in [-0.2, 0) is 11.2 Å². The summed E-state index contributed by atoms with van der Waals surface area (Å²) < 4.78 is 1.94. The zero-order valence-corrected chi connectivity index (χ0v) is 12.0. The van der Waals surface area contributed by atoms with Crippen molar-refractivity contribution in [3.63, 3.8) is 0 Å². The molecule has 0 bridgehead atoms. The Kier molecular flexibility index (Phi) is 3.07. The lowest BCUT2D eigenvalue weighted by atomic mass is 9.71. The maximum Gasteiger partial charge on any atom is 0.193 e. The molecule has 98 valence electrons. The maximum atomic E-state index is 12.4. The summed E-state index contributed by atoms with van der Waals surface area (Å²) in [5, 5.41) is 1.97. The minimum absolute atomic E-state index is 0.126. The summed E-state index contributed by atoms with van der Waals surface area (Å²) in [5.74, 6) is 0.126. The number of Topliss-reactive ketones (excluding diaryl/α,β-unsaturated/α-hetero) is 1. The Hall–Kier alpha value is -1.20. The van der Waals surface area contributed by atoms with E-state index in [9.17, 15) is 4.79 Å². The average Bonchev–Trinajstić information content (AvgIpc) is 2.75. The number of ketones is 1. The quantitative estimate of drug-likeness (QED) is 0.922. The number of hydrogen-bond donors (Lipinski definition) is 1. The number of carbonyl (C=O) groups is 1. The van der Waals surface area contributed by atoms with E-state index < -0.39 is 11.0 Å². The molecule has 18 heavy (non-hydrogen) atoms. The number of thiazole rings is 1. The Bertz CT molecular complexity index is 546. The van der Waals surface area contributed by atoms with E-state index in [2.05, 4.69) is 4.98 Å². The van der Waals surface area contributed by atoms with Gasteiger partial charge in [0.05, 0.1) is 12.1 Å². The number of fused-ring (bicyclic) bond motifs is 1. The van der Waals surface area contributed by atoms with Crippen molar-refractivity contribution in [3.8, 4) is 0 Å². The molecule has 0 unspecified atom stereocenters. The predicted molar refractivity (Wildman–Crippen MR) is 73.8 cm³/mol. The van der Waals surface area contributed by atoms with Crippen LogP contribution in [0.25, 0.3) is 4.96 Å². The predicted octanol–water partition coefficient (Wildman–Crippen LogP) is 2.27. The first-order valence-electron chi connectivity index (χ1n) is 5.95. The van der Waals surface area contributed by atoms with Gasteiger partial charge in [-0.15, -0.1) is 11.3 Å². The molecule has 0 saturated heterocycles. The van der Waals surface area contributed by atoms with Crippen molar-refractivity contribution < 1.29 is 4.79 Å². The second kappa shape index (κ2) is 4.17. The fourth-order valence-electron chi connectivity index (χ4n) is 1.61. The second-order valence-electron chi connectivity index (χ2n) is 5.77. The van der Waals surface area contributed by atoms with Gasteiger partial charge < -0.3 is 5.73 Å². The van der Waals surface area contributed by atoms with Gasteiger partial charge in [-0.2, -0.15) is 0 Å². The molecule has 0 radical (unpaired) electrons. The van der Waals surface area contributed by atoms with Crippen molar-refractivity contribution in [1.29, 1.82) is 0 Å². The highest BCUT2D eigenvalue weighted by Gasteiger charge is 2.39. The van der Waals surface area contributed by atoms with Crippen molar-refractivity contribution in [1.82, 2.24) is 9.38 Å². The van der Waals surface area contributed by atoms with Crippen LogP contribution in [0.1, 0.15) is 33.4 Å². The van der Waals surface area contributed by atoms with Gasteiger partial charge in [-0.05, 0) is 13.8 Å². The Morgan fingerprint density at radius 3 is 2.67 bits per heavy atom. The van der Waals surface area contributed by atoms with E-state index in [1.54, 1.807) is 11.3 Å². The number of imidazole rings is 1. The SMILES string of the molecule is CC(C)(N)C(C)(C)C(=O)Cc1cn2ccsc2n1. The van der Waals surface area contributed by atoms with Gasteiger partial charge >= 0.3 is 0 Å². The molecule has 2 aromatic heterocycles. The highest BCUT2D eigenvalue weighted by atomic mass is 32.1. The van der Waals surface area contributed by atoms with E-state index in [-0.39, 0.29) is 5.78 Å². The standard InChI is InChI=1S/C13H19N3OS/c1-12(2,13(3,4)14)10(17)7-9-8-16-5-6-18-11(16)15-9/h5-6,8H,7,14H2,1-4H3. The lowest BCUT2D eigenvalue weighted by Crippen LogP contribution is -2.52. The maximum absolute atomic E-state index is 12.4. The molecular weight excluding hydrogens is 246 g/mol. The van der Waals surface area contributed by atoms with E-state index in [1.165, 1.54) is 0 Å². The lowest BCUT2D eigenvalue weighted by Gasteiger charge is -2.36. The Labute approximate surface area is 111 Å². The summed E-state index contributed by atoms with van der Waals surface area (Å²) in [6, 6.07) is 0. The first-order valence-corrected chi connectivity index (χ1v) is 6.83. The van der Waals surface area contributed by atoms with Crippen LogP contribution in [0.5, 0.6) is 0 Å². The molecule has 2 N–H and O–H groups in total. The molecule has 2 heterocycles. The average molecular weight is 265 g/mol. The third-order valence-electron chi connectivity index (χ3n) is 3.79. The number of nitrogens with two attached hydrogens (primary N) is 1. The largest absolute Gasteiger partial charge is 0.325 e. The lowest BCUT2D eigenvalue weighted by molar-refractivity contribution is -0.129. The molecule has 2 rings (SSSR count). The van der Waals surface area contributed by atoms with E-state index in [4.69, 9.17) is 5.73 Å². The van der Waals surface area contributed by atoms with Gasteiger partial charge in [-0.25, -0.2) is 4.98 Å². The Morgan fingerprint density at radius 1 is 1.44 bits per heavy atom. The molecule has 0 aliphatic carbocycles. The second-order valence-corrected chi connectivity index (χ2v) is 6.64. The molecule has 0 fully saturated rings. The van der Waals surface area contributed by atoms with Gasteiger partial charge in [-0.1, -0.05) is 13.8 Å². The van der Waals surface area contributed by atoms with Crippen LogP contribution in [0.3, 0.4) is 0 Å². The topological polar surface area (TPSA) is 60.4 Å². The third kappa shape index (κ3) is 2.20. The van der Waals surface area contributed by atoms with E-state index in [0.717, 1.165) is 10.7 Å². The van der Waals surface area contributed by atoms with Gasteiger partial charge in [0.1, 0.15) is 5.78 Å².